The zero-order valence-corrected chi connectivity index (χ0v) is 13.4. The summed E-state index contributed by atoms with van der Waals surface area (Å²) >= 11 is 1.49. The Kier molecular flexibility index (Phi) is 4.05. The molecule has 1 atom stereocenters. The van der Waals surface area contributed by atoms with E-state index in [1.54, 1.807) is 24.4 Å². The van der Waals surface area contributed by atoms with E-state index in [-0.39, 0.29) is 5.82 Å². The number of halogens is 1. The van der Waals surface area contributed by atoms with Crippen LogP contribution in [0.15, 0.2) is 41.7 Å². The molecule has 0 saturated heterocycles. The van der Waals surface area contributed by atoms with Gasteiger partial charge in [0.05, 0.1) is 11.1 Å². The number of thioether (sulfide) groups is 1. The third-order valence-corrected chi connectivity index (χ3v) is 4.74. The SMILES string of the molecule is C[C@@]1(c2cc(-c3cncc(C#N)c3)ccc2F)CCSC(N)=N1. The van der Waals surface area contributed by atoms with Crippen molar-refractivity contribution < 1.29 is 4.39 Å². The van der Waals surface area contributed by atoms with Crippen molar-refractivity contribution in [3.63, 3.8) is 0 Å². The van der Waals surface area contributed by atoms with Crippen LogP contribution in [0.4, 0.5) is 4.39 Å². The monoisotopic (exact) mass is 326 g/mol. The Labute approximate surface area is 138 Å². The third-order valence-electron chi connectivity index (χ3n) is 3.94. The van der Waals surface area contributed by atoms with Crippen molar-refractivity contribution in [3.8, 4) is 17.2 Å². The van der Waals surface area contributed by atoms with Crippen molar-refractivity contribution >= 4 is 16.9 Å². The first-order valence-electron chi connectivity index (χ1n) is 7.15. The first-order chi connectivity index (χ1) is 11.0. The van der Waals surface area contributed by atoms with Crippen molar-refractivity contribution in [2.75, 3.05) is 5.75 Å². The van der Waals surface area contributed by atoms with Crippen molar-refractivity contribution in [2.24, 2.45) is 10.7 Å². The molecule has 1 aromatic carbocycles. The molecule has 2 N–H and O–H groups in total. The van der Waals surface area contributed by atoms with Gasteiger partial charge in [0, 0.05) is 29.3 Å². The predicted octanol–water partition coefficient (Wildman–Crippen LogP) is 3.43. The third kappa shape index (κ3) is 3.06. The maximum Gasteiger partial charge on any atom is 0.154 e. The topological polar surface area (TPSA) is 75.1 Å². The molecule has 1 aliphatic rings. The zero-order valence-electron chi connectivity index (χ0n) is 12.6. The van der Waals surface area contributed by atoms with Crippen LogP contribution in [0.3, 0.4) is 0 Å². The number of aliphatic imine (C=N–C) groups is 1. The standard InChI is InChI=1S/C17H15FN4S/c1-17(4-5-23-16(20)22-17)14-7-12(2-3-15(14)18)13-6-11(8-19)9-21-10-13/h2-3,6-7,9-10H,4-5H2,1H3,(H2,20,22)/t17-/m0/s1. The second-order valence-electron chi connectivity index (χ2n) is 5.59. The molecule has 0 fully saturated rings. The summed E-state index contributed by atoms with van der Waals surface area (Å²) in [5, 5.41) is 9.48. The van der Waals surface area contributed by atoms with Crippen LogP contribution in [0.2, 0.25) is 0 Å². The van der Waals surface area contributed by atoms with Crippen molar-refractivity contribution in [1.29, 1.82) is 5.26 Å². The quantitative estimate of drug-likeness (QED) is 0.917. The van der Waals surface area contributed by atoms with Gasteiger partial charge in [-0.25, -0.2) is 4.39 Å². The minimum atomic E-state index is -0.671. The fourth-order valence-corrected chi connectivity index (χ4v) is 3.63. The van der Waals surface area contributed by atoms with Gasteiger partial charge in [0.2, 0.25) is 0 Å². The van der Waals surface area contributed by atoms with Gasteiger partial charge in [0.15, 0.2) is 5.17 Å². The molecule has 2 aromatic rings. The number of aromatic nitrogens is 1. The molecule has 0 bridgehead atoms. The summed E-state index contributed by atoms with van der Waals surface area (Å²) in [6.07, 6.45) is 3.88. The van der Waals surface area contributed by atoms with E-state index in [1.807, 2.05) is 6.92 Å². The lowest BCUT2D eigenvalue weighted by atomic mass is 9.87. The summed E-state index contributed by atoms with van der Waals surface area (Å²) in [4.78, 5) is 8.52. The smallest absolute Gasteiger partial charge is 0.154 e. The molecule has 0 amide bonds. The summed E-state index contributed by atoms with van der Waals surface area (Å²) in [7, 11) is 0. The number of pyridine rings is 1. The Bertz CT molecular complexity index is 828. The molecular formula is C17H15FN4S. The second kappa shape index (κ2) is 6.01. The number of nitrogens with two attached hydrogens (primary N) is 1. The first kappa shape index (κ1) is 15.5. The number of amidine groups is 1. The van der Waals surface area contributed by atoms with Crippen molar-refractivity contribution in [3.05, 3.63) is 53.6 Å². The maximum atomic E-state index is 14.4. The van der Waals surface area contributed by atoms with Gasteiger partial charge in [-0.15, -0.1) is 0 Å². The normalized spacial score (nSPS) is 20.7. The average molecular weight is 326 g/mol. The Morgan fingerprint density at radius 2 is 2.13 bits per heavy atom. The van der Waals surface area contributed by atoms with E-state index < -0.39 is 5.54 Å². The summed E-state index contributed by atoms with van der Waals surface area (Å²) in [6.45, 7) is 1.89. The van der Waals surface area contributed by atoms with Crippen LogP contribution in [0.1, 0.15) is 24.5 Å². The molecule has 6 heteroatoms. The van der Waals surface area contributed by atoms with Crippen LogP contribution in [0.5, 0.6) is 0 Å². The second-order valence-corrected chi connectivity index (χ2v) is 6.71. The fourth-order valence-electron chi connectivity index (χ4n) is 2.66. The van der Waals surface area contributed by atoms with E-state index in [0.717, 1.165) is 23.3 Å². The molecule has 1 aromatic heterocycles. The van der Waals surface area contributed by atoms with Crippen molar-refractivity contribution in [1.82, 2.24) is 4.98 Å². The lowest BCUT2D eigenvalue weighted by Crippen LogP contribution is -2.29. The van der Waals surface area contributed by atoms with Crippen LogP contribution in [-0.4, -0.2) is 15.9 Å². The molecule has 116 valence electrons. The van der Waals surface area contributed by atoms with Gasteiger partial charge in [-0.1, -0.05) is 17.8 Å². The number of hydrogen-bond donors (Lipinski definition) is 1. The molecule has 4 nitrogen and oxygen atoms in total. The van der Waals surface area contributed by atoms with Crippen molar-refractivity contribution in [2.45, 2.75) is 18.9 Å². The van der Waals surface area contributed by atoms with Gasteiger partial charge in [-0.2, -0.15) is 5.26 Å². The van der Waals surface area contributed by atoms with Gasteiger partial charge in [0.25, 0.3) is 0 Å². The van der Waals surface area contributed by atoms with Gasteiger partial charge < -0.3 is 5.73 Å². The number of rotatable bonds is 2. The number of nitriles is 1. The Morgan fingerprint density at radius 1 is 1.30 bits per heavy atom. The number of nitrogens with zero attached hydrogens (tertiary/aromatic N) is 3. The van der Waals surface area contributed by atoms with E-state index in [2.05, 4.69) is 16.0 Å². The number of hydrogen-bond acceptors (Lipinski definition) is 5. The van der Waals surface area contributed by atoms with E-state index in [0.29, 0.717) is 16.3 Å². The lowest BCUT2D eigenvalue weighted by molar-refractivity contribution is 0.450. The van der Waals surface area contributed by atoms with Crippen LogP contribution >= 0.6 is 11.8 Å². The van der Waals surface area contributed by atoms with E-state index in [4.69, 9.17) is 11.0 Å². The molecular weight excluding hydrogens is 311 g/mol. The highest BCUT2D eigenvalue weighted by Crippen LogP contribution is 2.38. The van der Waals surface area contributed by atoms with Gasteiger partial charge in [-0.3, -0.25) is 9.98 Å². The van der Waals surface area contributed by atoms with Crippen LogP contribution in [0, 0.1) is 17.1 Å². The molecule has 3 rings (SSSR count). The largest absolute Gasteiger partial charge is 0.379 e. The highest BCUT2D eigenvalue weighted by Gasteiger charge is 2.32. The van der Waals surface area contributed by atoms with Crippen LogP contribution in [-0.2, 0) is 5.54 Å². The molecule has 0 spiro atoms. The minimum absolute atomic E-state index is 0.302. The summed E-state index contributed by atoms with van der Waals surface area (Å²) in [5.41, 5.74) is 7.72. The lowest BCUT2D eigenvalue weighted by Gasteiger charge is -2.30. The predicted molar refractivity (Wildman–Crippen MR) is 90.4 cm³/mol. The highest BCUT2D eigenvalue weighted by molar-refractivity contribution is 8.13. The number of benzene rings is 1. The summed E-state index contributed by atoms with van der Waals surface area (Å²) < 4.78 is 14.4. The Hall–Kier alpha value is -2.39. The first-order valence-corrected chi connectivity index (χ1v) is 8.14. The van der Waals surface area contributed by atoms with Crippen LogP contribution in [0.25, 0.3) is 11.1 Å². The Morgan fingerprint density at radius 3 is 2.87 bits per heavy atom. The summed E-state index contributed by atoms with van der Waals surface area (Å²) in [5.74, 6) is 0.505. The molecule has 0 radical (unpaired) electrons. The van der Waals surface area contributed by atoms with E-state index >= 15 is 0 Å². The van der Waals surface area contributed by atoms with E-state index in [9.17, 15) is 4.39 Å². The van der Waals surface area contributed by atoms with Gasteiger partial charge in [0.1, 0.15) is 11.9 Å². The van der Waals surface area contributed by atoms with Crippen LogP contribution < -0.4 is 5.73 Å². The summed E-state index contributed by atoms with van der Waals surface area (Å²) in [6, 6.07) is 8.70. The highest BCUT2D eigenvalue weighted by atomic mass is 32.2. The molecule has 0 unspecified atom stereocenters. The zero-order chi connectivity index (χ0) is 16.4. The molecule has 0 saturated carbocycles. The fraction of sp³-hybridized carbons (Fsp3) is 0.235. The molecule has 0 aliphatic carbocycles. The molecule has 2 heterocycles. The maximum absolute atomic E-state index is 14.4. The Balaban J connectivity index is 2.10. The van der Waals surface area contributed by atoms with Gasteiger partial charge >= 0.3 is 0 Å². The van der Waals surface area contributed by atoms with E-state index in [1.165, 1.54) is 24.0 Å². The molecule has 1 aliphatic heterocycles. The average Bonchev–Trinajstić information content (AvgIpc) is 2.55. The van der Waals surface area contributed by atoms with Gasteiger partial charge in [-0.05, 0) is 37.1 Å². The minimum Gasteiger partial charge on any atom is -0.379 e. The molecule has 23 heavy (non-hydrogen) atoms.